The number of aliphatic hydroxyl groups excluding tert-OH is 1. The molecule has 5 nitrogen and oxygen atoms in total. The van der Waals surface area contributed by atoms with Gasteiger partial charge in [-0.15, -0.1) is 0 Å². The van der Waals surface area contributed by atoms with Crippen LogP contribution >= 0.6 is 0 Å². The van der Waals surface area contributed by atoms with Gasteiger partial charge in [0.2, 0.25) is 0 Å². The van der Waals surface area contributed by atoms with Gasteiger partial charge in [0, 0.05) is 49.0 Å². The molecular formula is C19H22N4O. The van der Waals surface area contributed by atoms with Crippen LogP contribution in [0.3, 0.4) is 0 Å². The number of hydrogen-bond acceptors (Lipinski definition) is 5. The van der Waals surface area contributed by atoms with Crippen molar-refractivity contribution in [2.24, 2.45) is 0 Å². The second kappa shape index (κ2) is 6.04. The maximum atomic E-state index is 10.0. The molecule has 1 N–H and O–H groups in total. The topological polar surface area (TPSA) is 63.4 Å². The Labute approximate surface area is 142 Å². The molecule has 2 fully saturated rings. The third-order valence-corrected chi connectivity index (χ3v) is 5.42. The SMILES string of the molecule is C[C@@H]1CN(c2ccc(C#N)c3ncccc23)C[C@@H]2C[C@H](O)CCN21. The minimum Gasteiger partial charge on any atom is -0.393 e. The number of piperazine rings is 1. The van der Waals surface area contributed by atoms with Gasteiger partial charge in [0.05, 0.1) is 17.2 Å². The van der Waals surface area contributed by atoms with Gasteiger partial charge < -0.3 is 10.0 Å². The van der Waals surface area contributed by atoms with E-state index in [1.807, 2.05) is 24.3 Å². The molecule has 0 amide bonds. The molecule has 2 aromatic rings. The predicted molar refractivity (Wildman–Crippen MR) is 93.9 cm³/mol. The molecule has 4 rings (SSSR count). The lowest BCUT2D eigenvalue weighted by Gasteiger charge is -2.50. The molecule has 2 aliphatic rings. The van der Waals surface area contributed by atoms with Crippen molar-refractivity contribution in [3.05, 3.63) is 36.0 Å². The zero-order chi connectivity index (χ0) is 16.7. The second-order valence-corrected chi connectivity index (χ2v) is 6.97. The molecule has 0 saturated carbocycles. The van der Waals surface area contributed by atoms with Gasteiger partial charge in [-0.2, -0.15) is 5.26 Å². The number of nitrogens with zero attached hydrogens (tertiary/aromatic N) is 4. The van der Waals surface area contributed by atoms with Crippen LogP contribution in [0.15, 0.2) is 30.5 Å². The summed E-state index contributed by atoms with van der Waals surface area (Å²) in [6.45, 7) is 5.12. The second-order valence-electron chi connectivity index (χ2n) is 6.97. The zero-order valence-corrected chi connectivity index (χ0v) is 13.9. The van der Waals surface area contributed by atoms with Crippen molar-refractivity contribution in [1.82, 2.24) is 9.88 Å². The van der Waals surface area contributed by atoms with E-state index >= 15 is 0 Å². The molecule has 24 heavy (non-hydrogen) atoms. The average molecular weight is 322 g/mol. The Morgan fingerprint density at radius 2 is 2.17 bits per heavy atom. The maximum absolute atomic E-state index is 10.0. The molecule has 5 heteroatoms. The van der Waals surface area contributed by atoms with Crippen LogP contribution < -0.4 is 4.90 Å². The Morgan fingerprint density at radius 3 is 3.00 bits per heavy atom. The van der Waals surface area contributed by atoms with Crippen LogP contribution in [0.1, 0.15) is 25.3 Å². The van der Waals surface area contributed by atoms with E-state index in [1.54, 1.807) is 6.20 Å². The Balaban J connectivity index is 1.72. The van der Waals surface area contributed by atoms with Crippen molar-refractivity contribution in [3.8, 4) is 6.07 Å². The summed E-state index contributed by atoms with van der Waals surface area (Å²) in [5, 5.41) is 20.4. The first kappa shape index (κ1) is 15.4. The van der Waals surface area contributed by atoms with Crippen LogP contribution in [-0.2, 0) is 0 Å². The number of anilines is 1. The predicted octanol–water partition coefficient (Wildman–Crippen LogP) is 2.14. The van der Waals surface area contributed by atoms with Crippen LogP contribution in [0.2, 0.25) is 0 Å². The van der Waals surface area contributed by atoms with Crippen molar-refractivity contribution < 1.29 is 5.11 Å². The van der Waals surface area contributed by atoms with Crippen LogP contribution in [-0.4, -0.2) is 52.8 Å². The van der Waals surface area contributed by atoms with Gasteiger partial charge in [-0.3, -0.25) is 9.88 Å². The summed E-state index contributed by atoms with van der Waals surface area (Å²) in [5.74, 6) is 0. The largest absolute Gasteiger partial charge is 0.393 e. The number of piperidine rings is 1. The summed E-state index contributed by atoms with van der Waals surface area (Å²) >= 11 is 0. The minimum atomic E-state index is -0.183. The Hall–Kier alpha value is -2.16. The first-order valence-electron chi connectivity index (χ1n) is 8.64. The van der Waals surface area contributed by atoms with Gasteiger partial charge in [0.1, 0.15) is 6.07 Å². The molecule has 2 saturated heterocycles. The summed E-state index contributed by atoms with van der Waals surface area (Å²) in [5.41, 5.74) is 2.54. The van der Waals surface area contributed by atoms with E-state index in [1.165, 1.54) is 0 Å². The van der Waals surface area contributed by atoms with Crippen molar-refractivity contribution in [2.75, 3.05) is 24.5 Å². The molecule has 1 aromatic heterocycles. The third-order valence-electron chi connectivity index (χ3n) is 5.42. The Kier molecular flexibility index (Phi) is 3.87. The van der Waals surface area contributed by atoms with Crippen LogP contribution in [0.5, 0.6) is 0 Å². The Morgan fingerprint density at radius 1 is 1.29 bits per heavy atom. The summed E-state index contributed by atoms with van der Waals surface area (Å²) in [4.78, 5) is 9.35. The van der Waals surface area contributed by atoms with Crippen LogP contribution in [0.25, 0.3) is 10.9 Å². The number of pyridine rings is 1. The average Bonchev–Trinajstić information content (AvgIpc) is 2.60. The lowest BCUT2D eigenvalue weighted by molar-refractivity contribution is 0.0131. The number of aliphatic hydroxyl groups is 1. The standard InChI is InChI=1S/C19H22N4O/c1-13-11-22(12-15-9-16(24)6-8-23(13)15)18-5-4-14(10-20)19-17(18)3-2-7-21-19/h2-5,7,13,15-16,24H,6,8-9,11-12H2,1H3/t13-,15+,16-/m1/s1. The number of hydrogen-bond donors (Lipinski definition) is 1. The third kappa shape index (κ3) is 2.52. The van der Waals surface area contributed by atoms with Gasteiger partial charge >= 0.3 is 0 Å². The first-order chi connectivity index (χ1) is 11.7. The highest BCUT2D eigenvalue weighted by atomic mass is 16.3. The first-order valence-corrected chi connectivity index (χ1v) is 8.64. The molecule has 124 valence electrons. The molecule has 0 radical (unpaired) electrons. The van der Waals surface area contributed by atoms with E-state index in [0.29, 0.717) is 17.6 Å². The highest BCUT2D eigenvalue weighted by molar-refractivity contribution is 5.95. The lowest BCUT2D eigenvalue weighted by Crippen LogP contribution is -2.61. The molecule has 0 unspecified atom stereocenters. The highest BCUT2D eigenvalue weighted by Crippen LogP contribution is 2.33. The number of nitriles is 1. The summed E-state index contributed by atoms with van der Waals surface area (Å²) < 4.78 is 0. The van der Waals surface area contributed by atoms with Gasteiger partial charge in [-0.05, 0) is 44.0 Å². The minimum absolute atomic E-state index is 0.183. The van der Waals surface area contributed by atoms with Crippen molar-refractivity contribution in [3.63, 3.8) is 0 Å². The number of benzene rings is 1. The molecular weight excluding hydrogens is 300 g/mol. The lowest BCUT2D eigenvalue weighted by atomic mass is 9.93. The number of rotatable bonds is 1. The zero-order valence-electron chi connectivity index (χ0n) is 13.9. The monoisotopic (exact) mass is 322 g/mol. The molecule has 2 aliphatic heterocycles. The summed E-state index contributed by atoms with van der Waals surface area (Å²) in [7, 11) is 0. The maximum Gasteiger partial charge on any atom is 0.101 e. The fraction of sp³-hybridized carbons (Fsp3) is 0.474. The fourth-order valence-electron chi connectivity index (χ4n) is 4.28. The van der Waals surface area contributed by atoms with Crippen LogP contribution in [0, 0.1) is 11.3 Å². The van der Waals surface area contributed by atoms with E-state index in [-0.39, 0.29) is 6.10 Å². The molecule has 3 heterocycles. The van der Waals surface area contributed by atoms with E-state index in [9.17, 15) is 10.4 Å². The number of aromatic nitrogens is 1. The molecule has 3 atom stereocenters. The smallest absolute Gasteiger partial charge is 0.101 e. The molecule has 0 bridgehead atoms. The summed E-state index contributed by atoms with van der Waals surface area (Å²) in [6.07, 6.45) is 3.28. The quantitative estimate of drug-likeness (QED) is 0.871. The fourth-order valence-corrected chi connectivity index (χ4v) is 4.28. The van der Waals surface area contributed by atoms with E-state index in [4.69, 9.17) is 0 Å². The van der Waals surface area contributed by atoms with E-state index in [0.717, 1.165) is 49.1 Å². The molecule has 1 aromatic carbocycles. The van der Waals surface area contributed by atoms with Crippen molar-refractivity contribution >= 4 is 16.6 Å². The summed E-state index contributed by atoms with van der Waals surface area (Å²) in [6, 6.07) is 11.0. The van der Waals surface area contributed by atoms with Gasteiger partial charge in [0.25, 0.3) is 0 Å². The molecule has 0 spiro atoms. The van der Waals surface area contributed by atoms with E-state index < -0.39 is 0 Å². The van der Waals surface area contributed by atoms with Crippen LogP contribution in [0.4, 0.5) is 5.69 Å². The normalized spacial score (nSPS) is 27.7. The number of fused-ring (bicyclic) bond motifs is 2. The van der Waals surface area contributed by atoms with E-state index in [2.05, 4.69) is 27.8 Å². The van der Waals surface area contributed by atoms with Gasteiger partial charge in [-0.1, -0.05) is 0 Å². The molecule has 0 aliphatic carbocycles. The van der Waals surface area contributed by atoms with Gasteiger partial charge in [-0.25, -0.2) is 0 Å². The Bertz CT molecular complexity index is 800. The van der Waals surface area contributed by atoms with Gasteiger partial charge in [0.15, 0.2) is 0 Å². The highest BCUT2D eigenvalue weighted by Gasteiger charge is 2.36. The van der Waals surface area contributed by atoms with Crippen molar-refractivity contribution in [2.45, 2.75) is 38.0 Å². The van der Waals surface area contributed by atoms with Crippen molar-refractivity contribution in [1.29, 1.82) is 5.26 Å².